The van der Waals surface area contributed by atoms with Gasteiger partial charge in [-0.2, -0.15) is 4.37 Å². The van der Waals surface area contributed by atoms with E-state index in [1.165, 1.54) is 32.1 Å². The van der Waals surface area contributed by atoms with Crippen LogP contribution in [0.3, 0.4) is 0 Å². The van der Waals surface area contributed by atoms with Crippen molar-refractivity contribution in [1.82, 2.24) is 14.1 Å². The van der Waals surface area contributed by atoms with Crippen LogP contribution in [0.15, 0.2) is 6.20 Å². The van der Waals surface area contributed by atoms with Crippen LogP contribution in [0.1, 0.15) is 39.0 Å². The molecule has 1 aromatic heterocycles. The molecule has 108 valence electrons. The number of aromatic nitrogens is 2. The van der Waals surface area contributed by atoms with Gasteiger partial charge in [-0.15, -0.1) is 4.37 Å². The fraction of sp³-hybridized carbons (Fsp3) is 0.846. The van der Waals surface area contributed by atoms with Crippen molar-refractivity contribution in [1.29, 1.82) is 0 Å². The number of nitrogens with zero attached hydrogens (tertiary/aromatic N) is 2. The summed E-state index contributed by atoms with van der Waals surface area (Å²) in [6.07, 6.45) is 7.60. The molecule has 0 spiro atoms. The van der Waals surface area contributed by atoms with Crippen molar-refractivity contribution >= 4 is 11.7 Å². The topological polar surface area (TPSA) is 67.3 Å². The summed E-state index contributed by atoms with van der Waals surface area (Å²) in [6.45, 7) is 4.09. The predicted molar refractivity (Wildman–Crippen MR) is 75.5 cm³/mol. The zero-order valence-electron chi connectivity index (χ0n) is 11.5. The third-order valence-corrected chi connectivity index (χ3v) is 4.52. The first-order valence-electron chi connectivity index (χ1n) is 7.03. The quantitative estimate of drug-likeness (QED) is 0.763. The van der Waals surface area contributed by atoms with Crippen LogP contribution >= 0.6 is 11.7 Å². The maximum Gasteiger partial charge on any atom is 0.245 e. The number of hydrogen-bond acceptors (Lipinski definition) is 6. The van der Waals surface area contributed by atoms with Gasteiger partial charge in [0.05, 0.1) is 11.7 Å². The Balaban J connectivity index is 1.62. The molecule has 1 heterocycles. The van der Waals surface area contributed by atoms with Gasteiger partial charge in [-0.25, -0.2) is 0 Å². The Labute approximate surface area is 118 Å². The van der Waals surface area contributed by atoms with Crippen LogP contribution in [-0.2, 0) is 0 Å². The van der Waals surface area contributed by atoms with E-state index in [2.05, 4.69) is 21.0 Å². The molecule has 0 bridgehead atoms. The molecule has 1 aliphatic carbocycles. The van der Waals surface area contributed by atoms with Crippen molar-refractivity contribution in [2.45, 2.75) is 45.1 Å². The molecular weight excluding hydrogens is 262 g/mol. The largest absolute Gasteiger partial charge is 0.473 e. The van der Waals surface area contributed by atoms with Crippen molar-refractivity contribution in [3.63, 3.8) is 0 Å². The van der Waals surface area contributed by atoms with E-state index in [4.69, 9.17) is 4.74 Å². The highest BCUT2D eigenvalue weighted by molar-refractivity contribution is 6.99. The molecule has 1 fully saturated rings. The minimum absolute atomic E-state index is 0.261. The average Bonchev–Trinajstić information content (AvgIpc) is 3.08. The van der Waals surface area contributed by atoms with Gasteiger partial charge in [0.15, 0.2) is 0 Å². The maximum atomic E-state index is 9.85. The van der Waals surface area contributed by atoms with Crippen LogP contribution in [-0.4, -0.2) is 39.7 Å². The van der Waals surface area contributed by atoms with E-state index < -0.39 is 6.10 Å². The summed E-state index contributed by atoms with van der Waals surface area (Å²) >= 11 is 1.11. The molecule has 0 radical (unpaired) electrons. The van der Waals surface area contributed by atoms with E-state index in [1.807, 2.05) is 0 Å². The molecule has 1 aliphatic rings. The van der Waals surface area contributed by atoms with E-state index in [0.29, 0.717) is 17.8 Å². The van der Waals surface area contributed by atoms with E-state index in [0.717, 1.165) is 18.3 Å². The molecule has 1 aromatic rings. The monoisotopic (exact) mass is 285 g/mol. The molecule has 0 amide bonds. The standard InChI is InChI=1S/C13H23N3O2S/c1-2-13(5-3-4-6-13)10-14-7-11(17)9-18-12-8-15-19-16-12/h8,11,14,17H,2-7,9-10H2,1H3. The number of rotatable bonds is 8. The van der Waals surface area contributed by atoms with Gasteiger partial charge in [-0.05, 0) is 24.7 Å². The molecular formula is C13H23N3O2S. The van der Waals surface area contributed by atoms with Gasteiger partial charge in [0.2, 0.25) is 5.88 Å². The highest BCUT2D eigenvalue weighted by atomic mass is 32.1. The summed E-state index contributed by atoms with van der Waals surface area (Å²) in [5.74, 6) is 0.491. The Morgan fingerprint density at radius 1 is 1.53 bits per heavy atom. The molecule has 1 saturated carbocycles. The minimum Gasteiger partial charge on any atom is -0.473 e. The van der Waals surface area contributed by atoms with Gasteiger partial charge in [-0.1, -0.05) is 19.8 Å². The summed E-state index contributed by atoms with van der Waals surface area (Å²) in [5, 5.41) is 13.2. The van der Waals surface area contributed by atoms with Crippen molar-refractivity contribution in [3.05, 3.63) is 6.20 Å². The average molecular weight is 285 g/mol. The summed E-state index contributed by atoms with van der Waals surface area (Å²) in [5.41, 5.74) is 0.458. The summed E-state index contributed by atoms with van der Waals surface area (Å²) in [6, 6.07) is 0. The van der Waals surface area contributed by atoms with E-state index in [1.54, 1.807) is 6.20 Å². The number of aliphatic hydroxyl groups excluding tert-OH is 1. The Kier molecular flexibility index (Phi) is 5.54. The number of aliphatic hydroxyl groups is 1. The summed E-state index contributed by atoms with van der Waals surface area (Å²) in [4.78, 5) is 0. The normalized spacial score (nSPS) is 19.5. The van der Waals surface area contributed by atoms with Crippen LogP contribution in [0, 0.1) is 5.41 Å². The van der Waals surface area contributed by atoms with Crippen molar-refractivity contribution in [3.8, 4) is 5.88 Å². The van der Waals surface area contributed by atoms with Gasteiger partial charge >= 0.3 is 0 Å². The zero-order chi connectivity index (χ0) is 13.6. The third kappa shape index (κ3) is 4.40. The Hall–Kier alpha value is -0.720. The van der Waals surface area contributed by atoms with Crippen LogP contribution in [0.25, 0.3) is 0 Å². The maximum absolute atomic E-state index is 9.85. The second kappa shape index (κ2) is 7.17. The van der Waals surface area contributed by atoms with E-state index in [9.17, 15) is 5.11 Å². The molecule has 1 unspecified atom stereocenters. The summed E-state index contributed by atoms with van der Waals surface area (Å²) in [7, 11) is 0. The zero-order valence-corrected chi connectivity index (χ0v) is 12.3. The van der Waals surface area contributed by atoms with E-state index >= 15 is 0 Å². The fourth-order valence-electron chi connectivity index (χ4n) is 2.74. The third-order valence-electron chi connectivity index (χ3n) is 4.06. The Morgan fingerprint density at radius 3 is 2.95 bits per heavy atom. The summed E-state index contributed by atoms with van der Waals surface area (Å²) < 4.78 is 13.1. The number of hydrogen-bond donors (Lipinski definition) is 2. The molecule has 0 aromatic carbocycles. The van der Waals surface area contributed by atoms with Gasteiger partial charge < -0.3 is 15.2 Å². The van der Waals surface area contributed by atoms with Crippen LogP contribution in [0.4, 0.5) is 0 Å². The van der Waals surface area contributed by atoms with Gasteiger partial charge in [0.1, 0.15) is 18.9 Å². The number of ether oxygens (including phenoxy) is 1. The SMILES string of the molecule is CCC1(CNCC(O)COc2cnsn2)CCCC1. The molecule has 1 atom stereocenters. The highest BCUT2D eigenvalue weighted by Gasteiger charge is 2.31. The van der Waals surface area contributed by atoms with Crippen molar-refractivity contribution in [2.75, 3.05) is 19.7 Å². The van der Waals surface area contributed by atoms with Gasteiger partial charge in [0.25, 0.3) is 0 Å². The second-order valence-corrected chi connectivity index (χ2v) is 5.96. The first-order valence-corrected chi connectivity index (χ1v) is 7.76. The lowest BCUT2D eigenvalue weighted by atomic mass is 9.83. The highest BCUT2D eigenvalue weighted by Crippen LogP contribution is 2.40. The molecule has 0 aliphatic heterocycles. The lowest BCUT2D eigenvalue weighted by Gasteiger charge is -2.28. The molecule has 2 N–H and O–H groups in total. The second-order valence-electron chi connectivity index (χ2n) is 5.40. The van der Waals surface area contributed by atoms with Crippen LogP contribution in [0.2, 0.25) is 0 Å². The molecule has 2 rings (SSSR count). The van der Waals surface area contributed by atoms with Crippen molar-refractivity contribution < 1.29 is 9.84 Å². The smallest absolute Gasteiger partial charge is 0.245 e. The first kappa shape index (κ1) is 14.7. The first-order chi connectivity index (χ1) is 9.24. The van der Waals surface area contributed by atoms with Gasteiger partial charge in [0, 0.05) is 13.1 Å². The molecule has 6 heteroatoms. The van der Waals surface area contributed by atoms with Crippen LogP contribution < -0.4 is 10.1 Å². The number of nitrogens with one attached hydrogen (secondary N) is 1. The fourth-order valence-corrected chi connectivity index (χ4v) is 3.11. The van der Waals surface area contributed by atoms with Crippen molar-refractivity contribution in [2.24, 2.45) is 5.41 Å². The Morgan fingerprint density at radius 2 is 2.32 bits per heavy atom. The predicted octanol–water partition coefficient (Wildman–Crippen LogP) is 1.84. The molecule has 0 saturated heterocycles. The lowest BCUT2D eigenvalue weighted by Crippen LogP contribution is -2.38. The lowest BCUT2D eigenvalue weighted by molar-refractivity contribution is 0.100. The molecule has 19 heavy (non-hydrogen) atoms. The van der Waals surface area contributed by atoms with Crippen LogP contribution in [0.5, 0.6) is 5.88 Å². The Bertz CT molecular complexity index is 353. The van der Waals surface area contributed by atoms with E-state index in [-0.39, 0.29) is 6.61 Å². The molecule has 5 nitrogen and oxygen atoms in total. The van der Waals surface area contributed by atoms with Gasteiger partial charge in [-0.3, -0.25) is 0 Å². The minimum atomic E-state index is -0.503.